The molecular weight excluding hydrogens is 226 g/mol. The lowest BCUT2D eigenvalue weighted by atomic mass is 10.1. The first-order chi connectivity index (χ1) is 6.93. The molecule has 1 unspecified atom stereocenters. The average Bonchev–Trinajstić information content (AvgIpc) is 2.89. The van der Waals surface area contributed by atoms with E-state index >= 15 is 0 Å². The Hall–Kier alpha value is 0.215. The van der Waals surface area contributed by atoms with E-state index in [1.165, 1.54) is 38.5 Å². The first-order valence-electron chi connectivity index (χ1n) is 5.51. The van der Waals surface area contributed by atoms with Crippen molar-refractivity contribution in [2.45, 2.75) is 45.4 Å². The molecule has 0 bridgehead atoms. The standard InChI is InChI=1S/C8H16.CH5P.BF4/c1-2-3-4-5-8-6-7-8;1-2;2-1(3,4)5/h8H,2-7H2,1H3;2H2,1H3;/q;;-1/p+1. The zero-order chi connectivity index (χ0) is 12.3. The molecule has 0 nitrogen and oxygen atoms in total. The lowest BCUT2D eigenvalue weighted by Gasteiger charge is -1.94. The molecule has 0 aromatic rings. The van der Waals surface area contributed by atoms with Crippen LogP contribution in [-0.2, 0) is 0 Å². The normalized spacial score (nSPS) is 14.8. The molecule has 1 fully saturated rings. The van der Waals surface area contributed by atoms with Crippen LogP contribution in [-0.4, -0.2) is 13.9 Å². The predicted molar refractivity (Wildman–Crippen MR) is 64.1 cm³/mol. The SMILES string of the molecule is CCCCCC1CC1.C[PH3+].F[B-](F)(F)F. The van der Waals surface area contributed by atoms with E-state index in [1.807, 2.05) is 15.9 Å². The number of rotatable bonds is 4. The summed E-state index contributed by atoms with van der Waals surface area (Å²) < 4.78 is 39.0. The van der Waals surface area contributed by atoms with Crippen LogP contribution in [0.5, 0.6) is 0 Å². The van der Waals surface area contributed by atoms with Crippen molar-refractivity contribution >= 4 is 16.5 Å². The second-order valence-electron chi connectivity index (χ2n) is 3.43. The van der Waals surface area contributed by atoms with Crippen molar-refractivity contribution in [1.82, 2.24) is 0 Å². The minimum Gasteiger partial charge on any atom is -0.418 e. The summed E-state index contributed by atoms with van der Waals surface area (Å²) in [6.45, 7) is 4.30. The molecule has 6 heteroatoms. The highest BCUT2D eigenvalue weighted by atomic mass is 31.0. The maximum Gasteiger partial charge on any atom is 0.673 e. The van der Waals surface area contributed by atoms with Gasteiger partial charge in [0.15, 0.2) is 0 Å². The molecular formula is C9H22BF4P. The monoisotopic (exact) mass is 248 g/mol. The van der Waals surface area contributed by atoms with Crippen LogP contribution >= 0.6 is 9.24 Å². The molecule has 0 aromatic heterocycles. The molecule has 1 atom stereocenters. The predicted octanol–water partition coefficient (Wildman–Crippen LogP) is 4.50. The first kappa shape index (κ1) is 17.6. The number of halogens is 4. The van der Waals surface area contributed by atoms with Crippen molar-refractivity contribution < 1.29 is 17.3 Å². The van der Waals surface area contributed by atoms with Crippen molar-refractivity contribution in [3.63, 3.8) is 0 Å². The molecule has 0 aromatic carbocycles. The lowest BCUT2D eigenvalue weighted by Crippen LogP contribution is -2.02. The summed E-state index contributed by atoms with van der Waals surface area (Å²) in [5.41, 5.74) is 0. The molecule has 1 rings (SSSR count). The molecule has 94 valence electrons. The van der Waals surface area contributed by atoms with E-state index in [9.17, 15) is 17.3 Å². The summed E-state index contributed by atoms with van der Waals surface area (Å²) in [4.78, 5) is 0. The van der Waals surface area contributed by atoms with Gasteiger partial charge in [0.2, 0.25) is 0 Å². The topological polar surface area (TPSA) is 0 Å². The Kier molecular flexibility index (Phi) is 12.6. The highest BCUT2D eigenvalue weighted by Gasteiger charge is 2.20. The molecule has 15 heavy (non-hydrogen) atoms. The molecule has 1 aliphatic rings. The van der Waals surface area contributed by atoms with Crippen molar-refractivity contribution in [1.29, 1.82) is 0 Å². The fraction of sp³-hybridized carbons (Fsp3) is 1.00. The van der Waals surface area contributed by atoms with Crippen molar-refractivity contribution in [3.05, 3.63) is 0 Å². The number of unbranched alkanes of at least 4 members (excludes halogenated alkanes) is 2. The Morgan fingerprint density at radius 3 is 1.73 bits per heavy atom. The lowest BCUT2D eigenvalue weighted by molar-refractivity contribution is 0.368. The van der Waals surface area contributed by atoms with Crippen molar-refractivity contribution in [2.75, 3.05) is 6.66 Å². The number of hydrogen-bond donors (Lipinski definition) is 0. The van der Waals surface area contributed by atoms with Gasteiger partial charge in [-0.3, -0.25) is 0 Å². The van der Waals surface area contributed by atoms with Crippen molar-refractivity contribution in [2.24, 2.45) is 5.92 Å². The van der Waals surface area contributed by atoms with Crippen LogP contribution in [0.25, 0.3) is 0 Å². The van der Waals surface area contributed by atoms with Gasteiger partial charge in [-0.2, -0.15) is 0 Å². The van der Waals surface area contributed by atoms with Gasteiger partial charge < -0.3 is 17.3 Å². The quantitative estimate of drug-likeness (QED) is 0.297. The third-order valence-electron chi connectivity index (χ3n) is 1.91. The fourth-order valence-corrected chi connectivity index (χ4v) is 1.09. The van der Waals surface area contributed by atoms with Crippen LogP contribution in [0.15, 0.2) is 0 Å². The zero-order valence-corrected chi connectivity index (χ0v) is 11.0. The van der Waals surface area contributed by atoms with E-state index in [0.717, 1.165) is 5.92 Å². The van der Waals surface area contributed by atoms with Crippen LogP contribution in [0.2, 0.25) is 0 Å². The molecule has 1 aliphatic carbocycles. The van der Waals surface area contributed by atoms with E-state index in [2.05, 4.69) is 6.92 Å². The second kappa shape index (κ2) is 10.7. The van der Waals surface area contributed by atoms with Gasteiger partial charge in [0.25, 0.3) is 0 Å². The van der Waals surface area contributed by atoms with E-state index in [1.54, 1.807) is 0 Å². The summed E-state index contributed by atoms with van der Waals surface area (Å²) in [5.74, 6) is 1.15. The summed E-state index contributed by atoms with van der Waals surface area (Å²) in [5, 5.41) is 0. The molecule has 0 N–H and O–H groups in total. The molecule has 0 radical (unpaired) electrons. The summed E-state index contributed by atoms with van der Waals surface area (Å²) in [7, 11) is -4.14. The van der Waals surface area contributed by atoms with Crippen LogP contribution < -0.4 is 0 Å². The molecule has 0 spiro atoms. The zero-order valence-electron chi connectivity index (χ0n) is 9.62. The maximum absolute atomic E-state index is 9.75. The van der Waals surface area contributed by atoms with Gasteiger partial charge in [0, 0.05) is 6.66 Å². The van der Waals surface area contributed by atoms with E-state index < -0.39 is 7.25 Å². The fourth-order valence-electron chi connectivity index (χ4n) is 1.09. The van der Waals surface area contributed by atoms with E-state index in [-0.39, 0.29) is 0 Å². The van der Waals surface area contributed by atoms with Crippen LogP contribution in [0.4, 0.5) is 17.3 Å². The van der Waals surface area contributed by atoms with Gasteiger partial charge in [0.05, 0.1) is 0 Å². The molecule has 0 saturated heterocycles. The summed E-state index contributed by atoms with van der Waals surface area (Å²) in [6, 6.07) is 0. The first-order valence-corrected chi connectivity index (χ1v) is 6.93. The summed E-state index contributed by atoms with van der Waals surface area (Å²) >= 11 is 0. The molecule has 0 aliphatic heterocycles. The van der Waals surface area contributed by atoms with E-state index in [4.69, 9.17) is 0 Å². The Labute approximate surface area is 92.5 Å². The molecule has 1 saturated carbocycles. The third kappa shape index (κ3) is 31.4. The van der Waals surface area contributed by atoms with Gasteiger partial charge >= 0.3 is 7.25 Å². The molecule has 0 heterocycles. The Balaban J connectivity index is 0. The van der Waals surface area contributed by atoms with Gasteiger partial charge in [-0.05, 0) is 15.2 Å². The van der Waals surface area contributed by atoms with E-state index in [0.29, 0.717) is 0 Å². The molecule has 0 amide bonds. The summed E-state index contributed by atoms with van der Waals surface area (Å²) in [6.07, 6.45) is 8.91. The smallest absolute Gasteiger partial charge is 0.418 e. The average molecular weight is 248 g/mol. The third-order valence-corrected chi connectivity index (χ3v) is 1.91. The van der Waals surface area contributed by atoms with Gasteiger partial charge in [-0.1, -0.05) is 45.4 Å². The minimum atomic E-state index is -6.00. The maximum atomic E-state index is 9.75. The Bertz CT molecular complexity index is 120. The highest BCUT2D eigenvalue weighted by molar-refractivity contribution is 7.15. The van der Waals surface area contributed by atoms with Crippen LogP contribution in [0.3, 0.4) is 0 Å². The van der Waals surface area contributed by atoms with Crippen LogP contribution in [0.1, 0.15) is 45.4 Å². The van der Waals surface area contributed by atoms with Crippen molar-refractivity contribution in [3.8, 4) is 0 Å². The van der Waals surface area contributed by atoms with Gasteiger partial charge in [0.1, 0.15) is 0 Å². The van der Waals surface area contributed by atoms with Crippen LogP contribution in [0, 0.1) is 5.92 Å². The second-order valence-corrected chi connectivity index (χ2v) is 3.43. The highest BCUT2D eigenvalue weighted by Crippen LogP contribution is 2.33. The van der Waals surface area contributed by atoms with Gasteiger partial charge in [-0.15, -0.1) is 0 Å². The minimum absolute atomic E-state index is 1.15. The largest absolute Gasteiger partial charge is 0.673 e. The van der Waals surface area contributed by atoms with Gasteiger partial charge in [-0.25, -0.2) is 0 Å². The Morgan fingerprint density at radius 1 is 1.07 bits per heavy atom. The number of hydrogen-bond acceptors (Lipinski definition) is 0. The Morgan fingerprint density at radius 2 is 1.47 bits per heavy atom.